The molecule has 1 aliphatic rings. The van der Waals surface area contributed by atoms with Gasteiger partial charge in [-0.2, -0.15) is 0 Å². The third kappa shape index (κ3) is 9.87. The van der Waals surface area contributed by atoms with Crippen LogP contribution in [-0.4, -0.2) is 71.8 Å². The quantitative estimate of drug-likeness (QED) is 0.136. The lowest BCUT2D eigenvalue weighted by Gasteiger charge is -2.22. The molecule has 2 rings (SSSR count). The van der Waals surface area contributed by atoms with Crippen molar-refractivity contribution in [3.8, 4) is 0 Å². The van der Waals surface area contributed by atoms with Crippen molar-refractivity contribution in [1.29, 1.82) is 0 Å². The van der Waals surface area contributed by atoms with Crippen molar-refractivity contribution in [2.45, 2.75) is 58.2 Å². The summed E-state index contributed by atoms with van der Waals surface area (Å²) in [5.74, 6) is 3.41. The second-order valence-corrected chi connectivity index (χ2v) is 8.66. The van der Waals surface area contributed by atoms with Crippen molar-refractivity contribution in [3.63, 3.8) is 0 Å². The molecule has 0 radical (unpaired) electrons. The molecule has 7 nitrogen and oxygen atoms in total. The van der Waals surface area contributed by atoms with E-state index >= 15 is 0 Å². The first-order valence-electron chi connectivity index (χ1n) is 10.6. The number of thioether (sulfide) groups is 1. The zero-order valence-corrected chi connectivity index (χ0v) is 21.8. The van der Waals surface area contributed by atoms with E-state index in [1.54, 1.807) is 11.8 Å². The van der Waals surface area contributed by atoms with Crippen molar-refractivity contribution in [1.82, 2.24) is 25.0 Å². The minimum atomic E-state index is 0. The number of ether oxygens (including phenoxy) is 1. The molecule has 1 saturated carbocycles. The van der Waals surface area contributed by atoms with Crippen LogP contribution in [0, 0.1) is 11.8 Å². The molecule has 0 aromatic carbocycles. The summed E-state index contributed by atoms with van der Waals surface area (Å²) in [6.45, 7) is 11.7. The number of halogens is 1. The van der Waals surface area contributed by atoms with Gasteiger partial charge in [0.15, 0.2) is 11.1 Å². The monoisotopic (exact) mass is 538 g/mol. The molecule has 9 heteroatoms. The van der Waals surface area contributed by atoms with E-state index in [-0.39, 0.29) is 24.0 Å². The molecule has 1 heterocycles. The van der Waals surface area contributed by atoms with Gasteiger partial charge in [-0.25, -0.2) is 0 Å². The molecule has 1 aliphatic carbocycles. The third-order valence-corrected chi connectivity index (χ3v) is 5.33. The molecule has 1 aromatic rings. The molecule has 0 unspecified atom stereocenters. The number of aliphatic imine (C=N–C) groups is 1. The summed E-state index contributed by atoms with van der Waals surface area (Å²) < 4.78 is 8.01. The van der Waals surface area contributed by atoms with Gasteiger partial charge >= 0.3 is 0 Å². The van der Waals surface area contributed by atoms with E-state index in [2.05, 4.69) is 59.1 Å². The fourth-order valence-electron chi connectivity index (χ4n) is 2.94. The van der Waals surface area contributed by atoms with Gasteiger partial charge in [-0.05, 0) is 44.3 Å². The van der Waals surface area contributed by atoms with Crippen molar-refractivity contribution in [3.05, 3.63) is 5.82 Å². The summed E-state index contributed by atoms with van der Waals surface area (Å²) in [7, 11) is 2.08. The number of nitrogens with one attached hydrogen (secondary N) is 1. The van der Waals surface area contributed by atoms with E-state index in [1.807, 2.05) is 0 Å². The van der Waals surface area contributed by atoms with Crippen LogP contribution in [0.3, 0.4) is 0 Å². The van der Waals surface area contributed by atoms with Crippen LogP contribution >= 0.6 is 35.7 Å². The van der Waals surface area contributed by atoms with Gasteiger partial charge < -0.3 is 19.5 Å². The largest absolute Gasteiger partial charge is 0.379 e. The van der Waals surface area contributed by atoms with Crippen molar-refractivity contribution in [2.75, 3.05) is 46.2 Å². The number of hydrogen-bond donors (Lipinski definition) is 1. The number of hydrogen-bond acceptors (Lipinski definition) is 5. The lowest BCUT2D eigenvalue weighted by molar-refractivity contribution is 0.115. The Labute approximate surface area is 197 Å². The summed E-state index contributed by atoms with van der Waals surface area (Å²) in [6.07, 6.45) is 6.59. The number of aromatic nitrogens is 3. The van der Waals surface area contributed by atoms with Crippen LogP contribution in [0.5, 0.6) is 0 Å². The first kappa shape index (κ1) is 26.5. The molecule has 0 saturated heterocycles. The van der Waals surface area contributed by atoms with Crippen molar-refractivity contribution >= 4 is 41.7 Å². The van der Waals surface area contributed by atoms with Crippen LogP contribution in [-0.2, 0) is 17.7 Å². The Hall–Kier alpha value is -0.550. The highest BCUT2D eigenvalue weighted by Crippen LogP contribution is 2.28. The van der Waals surface area contributed by atoms with Gasteiger partial charge in [-0.15, -0.1) is 34.2 Å². The van der Waals surface area contributed by atoms with Crippen LogP contribution in [0.4, 0.5) is 0 Å². The Bertz CT molecular complexity index is 606. The Balaban J connectivity index is 0.00000420. The molecule has 1 aromatic heterocycles. The summed E-state index contributed by atoms with van der Waals surface area (Å²) in [5, 5.41) is 13.1. The van der Waals surface area contributed by atoms with E-state index in [1.165, 1.54) is 12.8 Å². The Morgan fingerprint density at radius 2 is 2.14 bits per heavy atom. The van der Waals surface area contributed by atoms with Crippen LogP contribution in [0.2, 0.25) is 0 Å². The maximum Gasteiger partial charge on any atom is 0.193 e. The first-order valence-corrected chi connectivity index (χ1v) is 11.8. The zero-order valence-electron chi connectivity index (χ0n) is 18.7. The van der Waals surface area contributed by atoms with Gasteiger partial charge in [0.2, 0.25) is 0 Å². The smallest absolute Gasteiger partial charge is 0.193 e. The Kier molecular flexibility index (Phi) is 13.2. The minimum Gasteiger partial charge on any atom is -0.379 e. The van der Waals surface area contributed by atoms with Crippen LogP contribution in [0.1, 0.15) is 45.9 Å². The van der Waals surface area contributed by atoms with Crippen molar-refractivity contribution in [2.24, 2.45) is 16.8 Å². The predicted octanol–water partition coefficient (Wildman–Crippen LogP) is 3.53. The molecule has 1 N–H and O–H groups in total. The number of aryl methyl sites for hydroxylation is 1. The topological polar surface area (TPSA) is 67.6 Å². The van der Waals surface area contributed by atoms with E-state index in [0.717, 1.165) is 75.1 Å². The standard InChI is InChI=1S/C20H38N6OS.HI/c1-6-21-19(25(4)12-13-27-15-17-9-10-17)22-11-7-8-18-23-24-20(28-5)26(18)14-16(2)3;/h16-17H,6-15H2,1-5H3,(H,21,22);1H. The zero-order chi connectivity index (χ0) is 20.4. The number of nitrogens with zero attached hydrogens (tertiary/aromatic N) is 5. The van der Waals surface area contributed by atoms with Crippen LogP contribution < -0.4 is 5.32 Å². The Morgan fingerprint density at radius 3 is 2.76 bits per heavy atom. The summed E-state index contributed by atoms with van der Waals surface area (Å²) >= 11 is 1.66. The molecule has 0 spiro atoms. The average molecular weight is 539 g/mol. The fraction of sp³-hybridized carbons (Fsp3) is 0.850. The highest BCUT2D eigenvalue weighted by Gasteiger charge is 2.21. The van der Waals surface area contributed by atoms with Gasteiger partial charge in [0.1, 0.15) is 5.82 Å². The van der Waals surface area contributed by atoms with E-state index in [9.17, 15) is 0 Å². The number of rotatable bonds is 13. The second-order valence-electron chi connectivity index (χ2n) is 7.89. The molecule has 0 atom stereocenters. The van der Waals surface area contributed by atoms with Crippen LogP contribution in [0.25, 0.3) is 0 Å². The molecule has 1 fully saturated rings. The number of guanidine groups is 1. The SMILES string of the molecule is CCNC(=NCCCc1nnc(SC)n1CC(C)C)N(C)CCOCC1CC1.I. The fourth-order valence-corrected chi connectivity index (χ4v) is 3.46. The molecular formula is C20H39IN6OS. The van der Waals surface area contributed by atoms with Crippen LogP contribution in [0.15, 0.2) is 10.1 Å². The molecule has 0 amide bonds. The lowest BCUT2D eigenvalue weighted by Crippen LogP contribution is -2.40. The van der Waals surface area contributed by atoms with Gasteiger partial charge in [-0.1, -0.05) is 25.6 Å². The highest BCUT2D eigenvalue weighted by molar-refractivity contribution is 14.0. The van der Waals surface area contributed by atoms with Gasteiger partial charge in [0.05, 0.1) is 6.61 Å². The normalized spacial score (nSPS) is 14.2. The predicted molar refractivity (Wildman–Crippen MR) is 133 cm³/mol. The average Bonchev–Trinajstić information content (AvgIpc) is 3.42. The number of likely N-dealkylation sites (N-methyl/N-ethyl adjacent to an activating group) is 1. The van der Waals surface area contributed by atoms with Gasteiger partial charge in [-0.3, -0.25) is 4.99 Å². The van der Waals surface area contributed by atoms with E-state index in [4.69, 9.17) is 9.73 Å². The lowest BCUT2D eigenvalue weighted by atomic mass is 10.2. The van der Waals surface area contributed by atoms with E-state index in [0.29, 0.717) is 5.92 Å². The first-order chi connectivity index (χ1) is 13.5. The third-order valence-electron chi connectivity index (χ3n) is 4.66. The maximum atomic E-state index is 5.75. The molecule has 0 bridgehead atoms. The molecule has 168 valence electrons. The minimum absolute atomic E-state index is 0. The maximum absolute atomic E-state index is 5.75. The Morgan fingerprint density at radius 1 is 1.38 bits per heavy atom. The highest BCUT2D eigenvalue weighted by atomic mass is 127. The molecular weight excluding hydrogens is 499 g/mol. The van der Waals surface area contributed by atoms with Gasteiger partial charge in [0, 0.05) is 46.3 Å². The summed E-state index contributed by atoms with van der Waals surface area (Å²) in [4.78, 5) is 6.94. The van der Waals surface area contributed by atoms with E-state index < -0.39 is 0 Å². The molecule has 0 aliphatic heterocycles. The second kappa shape index (κ2) is 14.5. The summed E-state index contributed by atoms with van der Waals surface area (Å²) in [6, 6.07) is 0. The van der Waals surface area contributed by atoms with Crippen molar-refractivity contribution < 1.29 is 4.74 Å². The molecule has 29 heavy (non-hydrogen) atoms. The van der Waals surface area contributed by atoms with Gasteiger partial charge in [0.25, 0.3) is 0 Å². The summed E-state index contributed by atoms with van der Waals surface area (Å²) in [5.41, 5.74) is 0.